The fraction of sp³-hybridized carbons (Fsp3) is 0.125. The number of halogens is 2. The van der Waals surface area contributed by atoms with Gasteiger partial charge in [-0.1, -0.05) is 53.5 Å². The molecular weight excluding hydrogens is 591 g/mol. The molecule has 218 valence electrons. The molecular formula is C32H26Cl2N4O5. The van der Waals surface area contributed by atoms with Crippen molar-refractivity contribution in [2.24, 2.45) is 0 Å². The molecule has 0 aliphatic rings. The van der Waals surface area contributed by atoms with E-state index in [1.807, 2.05) is 36.4 Å². The van der Waals surface area contributed by atoms with E-state index in [4.69, 9.17) is 32.7 Å². The molecule has 9 nitrogen and oxygen atoms in total. The largest absolute Gasteiger partial charge is 0.478 e. The van der Waals surface area contributed by atoms with Gasteiger partial charge in [-0.25, -0.2) is 4.79 Å². The summed E-state index contributed by atoms with van der Waals surface area (Å²) in [4.78, 5) is 43.5. The van der Waals surface area contributed by atoms with E-state index in [-0.39, 0.29) is 31.0 Å². The summed E-state index contributed by atoms with van der Waals surface area (Å²) in [5.74, 6) is -1.75. The van der Waals surface area contributed by atoms with E-state index in [1.165, 1.54) is 29.2 Å². The van der Waals surface area contributed by atoms with Crippen LogP contribution in [0, 0.1) is 0 Å². The number of fused-ring (bicyclic) bond motifs is 1. The van der Waals surface area contributed by atoms with Crippen molar-refractivity contribution in [3.8, 4) is 0 Å². The van der Waals surface area contributed by atoms with Crippen LogP contribution < -0.4 is 10.6 Å². The van der Waals surface area contributed by atoms with Gasteiger partial charge in [-0.15, -0.1) is 0 Å². The first kappa shape index (κ1) is 29.6. The summed E-state index contributed by atoms with van der Waals surface area (Å²) in [6.07, 6.45) is 0.471. The SMILES string of the molecule is O=C(CN(CCc1ccc(Cl)c(Cl)c1)C(=O)Cc1ccc2nc(Nc3ccccc3)oc2c1)Nc1ccc(C(=O)O)cc1. The first-order chi connectivity index (χ1) is 20.7. The molecule has 0 bridgehead atoms. The third kappa shape index (κ3) is 7.91. The van der Waals surface area contributed by atoms with E-state index in [0.717, 1.165) is 11.3 Å². The van der Waals surface area contributed by atoms with Crippen LogP contribution >= 0.6 is 23.2 Å². The van der Waals surface area contributed by atoms with Gasteiger partial charge in [0.05, 0.1) is 28.6 Å². The molecule has 0 saturated heterocycles. The van der Waals surface area contributed by atoms with Crippen molar-refractivity contribution in [2.45, 2.75) is 12.8 Å². The number of oxazole rings is 1. The molecule has 0 saturated carbocycles. The molecule has 0 radical (unpaired) electrons. The van der Waals surface area contributed by atoms with E-state index >= 15 is 0 Å². The maximum absolute atomic E-state index is 13.5. The number of anilines is 3. The smallest absolute Gasteiger partial charge is 0.335 e. The molecule has 0 aliphatic carbocycles. The second-order valence-electron chi connectivity index (χ2n) is 9.73. The van der Waals surface area contributed by atoms with E-state index < -0.39 is 11.9 Å². The highest BCUT2D eigenvalue weighted by Gasteiger charge is 2.19. The lowest BCUT2D eigenvalue weighted by molar-refractivity contribution is -0.134. The van der Waals surface area contributed by atoms with E-state index in [0.29, 0.717) is 44.8 Å². The van der Waals surface area contributed by atoms with Crippen LogP contribution in [-0.4, -0.2) is 45.9 Å². The van der Waals surface area contributed by atoms with Gasteiger partial charge in [0, 0.05) is 17.9 Å². The first-order valence-electron chi connectivity index (χ1n) is 13.3. The van der Waals surface area contributed by atoms with Crippen LogP contribution in [0.25, 0.3) is 11.1 Å². The zero-order valence-corrected chi connectivity index (χ0v) is 24.2. The van der Waals surface area contributed by atoms with Gasteiger partial charge in [0.15, 0.2) is 5.58 Å². The minimum Gasteiger partial charge on any atom is -0.478 e. The number of aromatic carboxylic acids is 1. The Bertz CT molecular complexity index is 1770. The van der Waals surface area contributed by atoms with Gasteiger partial charge in [0.25, 0.3) is 6.01 Å². The molecule has 0 aliphatic heterocycles. The maximum atomic E-state index is 13.5. The second kappa shape index (κ2) is 13.4. The van der Waals surface area contributed by atoms with Crippen LogP contribution in [-0.2, 0) is 22.4 Å². The maximum Gasteiger partial charge on any atom is 0.335 e. The van der Waals surface area contributed by atoms with Gasteiger partial charge >= 0.3 is 5.97 Å². The van der Waals surface area contributed by atoms with Crippen molar-refractivity contribution < 1.29 is 23.9 Å². The molecule has 4 aromatic carbocycles. The molecule has 1 aromatic heterocycles. The summed E-state index contributed by atoms with van der Waals surface area (Å²) in [5, 5.41) is 15.8. The number of rotatable bonds is 11. The molecule has 2 amide bonds. The van der Waals surface area contributed by atoms with E-state index in [1.54, 1.807) is 30.3 Å². The third-order valence-corrected chi connectivity index (χ3v) is 7.33. The molecule has 5 aromatic rings. The molecule has 43 heavy (non-hydrogen) atoms. The lowest BCUT2D eigenvalue weighted by Crippen LogP contribution is -2.40. The van der Waals surface area contributed by atoms with Gasteiger partial charge in [-0.05, 0) is 78.2 Å². The lowest BCUT2D eigenvalue weighted by Gasteiger charge is -2.23. The molecule has 0 atom stereocenters. The number of nitrogens with zero attached hydrogens (tertiary/aromatic N) is 2. The van der Waals surface area contributed by atoms with E-state index in [2.05, 4.69) is 15.6 Å². The minimum atomic E-state index is -1.07. The Kier molecular flexibility index (Phi) is 9.24. The number of carboxylic acid groups (broad SMARTS) is 1. The number of carbonyl (C=O) groups is 3. The summed E-state index contributed by atoms with van der Waals surface area (Å²) in [6, 6.07) is 26.2. The highest BCUT2D eigenvalue weighted by Crippen LogP contribution is 2.25. The quantitative estimate of drug-likeness (QED) is 0.148. The first-order valence-corrected chi connectivity index (χ1v) is 14.1. The zero-order chi connectivity index (χ0) is 30.3. The van der Waals surface area contributed by atoms with Crippen LogP contribution in [0.4, 0.5) is 17.4 Å². The Labute approximate surface area is 257 Å². The van der Waals surface area contributed by atoms with Gasteiger partial charge in [-0.3, -0.25) is 9.59 Å². The van der Waals surface area contributed by atoms with Crippen LogP contribution in [0.15, 0.2) is 95.4 Å². The van der Waals surface area contributed by atoms with Gasteiger partial charge in [0.2, 0.25) is 11.8 Å². The summed E-state index contributed by atoms with van der Waals surface area (Å²) >= 11 is 12.2. The predicted octanol–water partition coefficient (Wildman–Crippen LogP) is 6.83. The highest BCUT2D eigenvalue weighted by atomic mass is 35.5. The lowest BCUT2D eigenvalue weighted by atomic mass is 10.1. The summed E-state index contributed by atoms with van der Waals surface area (Å²) in [5.41, 5.74) is 4.07. The molecule has 5 rings (SSSR count). The number of hydrogen-bond acceptors (Lipinski definition) is 6. The number of hydrogen-bond donors (Lipinski definition) is 3. The standard InChI is InChI=1S/C32H26Cl2N4O5/c33-25-12-6-20(16-26(25)34)14-15-38(19-29(39)35-24-10-8-22(9-11-24)31(41)42)30(40)18-21-7-13-27-28(17-21)43-32(37-27)36-23-4-2-1-3-5-23/h1-13,16-17H,14-15,18-19H2,(H,35,39)(H,36,37)(H,41,42). The normalized spacial score (nSPS) is 10.8. The van der Waals surface area contributed by atoms with Crippen LogP contribution in [0.3, 0.4) is 0 Å². The number of amides is 2. The Hall–Kier alpha value is -4.86. The number of nitrogens with one attached hydrogen (secondary N) is 2. The predicted molar refractivity (Wildman–Crippen MR) is 166 cm³/mol. The Morgan fingerprint density at radius 2 is 1.58 bits per heavy atom. The van der Waals surface area contributed by atoms with Crippen molar-refractivity contribution >= 4 is 69.5 Å². The number of benzene rings is 4. The molecule has 3 N–H and O–H groups in total. The zero-order valence-electron chi connectivity index (χ0n) is 22.7. The summed E-state index contributed by atoms with van der Waals surface area (Å²) in [7, 11) is 0. The molecule has 0 fully saturated rings. The average molecular weight is 617 g/mol. The number of aromatic nitrogens is 1. The Morgan fingerprint density at radius 1 is 0.837 bits per heavy atom. The summed E-state index contributed by atoms with van der Waals surface area (Å²) < 4.78 is 5.86. The van der Waals surface area contributed by atoms with Gasteiger partial charge < -0.3 is 25.1 Å². The molecule has 1 heterocycles. The second-order valence-corrected chi connectivity index (χ2v) is 10.5. The summed E-state index contributed by atoms with van der Waals surface area (Å²) in [6.45, 7) is 0.0361. The van der Waals surface area contributed by atoms with Crippen molar-refractivity contribution in [3.05, 3.63) is 118 Å². The number of carboxylic acids is 1. The van der Waals surface area contributed by atoms with Crippen molar-refractivity contribution in [3.63, 3.8) is 0 Å². The van der Waals surface area contributed by atoms with Crippen LogP contribution in [0.1, 0.15) is 21.5 Å². The van der Waals surface area contributed by atoms with Gasteiger partial charge in [0.1, 0.15) is 5.52 Å². The van der Waals surface area contributed by atoms with Crippen LogP contribution in [0.2, 0.25) is 10.0 Å². The molecule has 11 heteroatoms. The molecule has 0 unspecified atom stereocenters. The van der Waals surface area contributed by atoms with E-state index in [9.17, 15) is 14.4 Å². The fourth-order valence-electron chi connectivity index (χ4n) is 4.38. The Balaban J connectivity index is 1.29. The van der Waals surface area contributed by atoms with Crippen molar-refractivity contribution in [2.75, 3.05) is 23.7 Å². The minimum absolute atomic E-state index is 0.0278. The number of carbonyl (C=O) groups excluding carboxylic acids is 2. The fourth-order valence-corrected chi connectivity index (χ4v) is 4.71. The third-order valence-electron chi connectivity index (χ3n) is 6.59. The molecule has 0 spiro atoms. The van der Waals surface area contributed by atoms with Crippen molar-refractivity contribution in [1.29, 1.82) is 0 Å². The highest BCUT2D eigenvalue weighted by molar-refractivity contribution is 6.42. The average Bonchev–Trinajstić information content (AvgIpc) is 3.39. The number of para-hydroxylation sites is 1. The topological polar surface area (TPSA) is 125 Å². The Morgan fingerprint density at radius 3 is 2.30 bits per heavy atom. The monoisotopic (exact) mass is 616 g/mol. The van der Waals surface area contributed by atoms with Crippen LogP contribution in [0.5, 0.6) is 0 Å². The van der Waals surface area contributed by atoms with Gasteiger partial charge in [-0.2, -0.15) is 4.98 Å². The van der Waals surface area contributed by atoms with Crippen molar-refractivity contribution in [1.82, 2.24) is 9.88 Å².